The molecule has 0 aromatic heterocycles. The summed E-state index contributed by atoms with van der Waals surface area (Å²) < 4.78 is 11.0. The molecule has 0 aliphatic carbocycles. The molecule has 0 spiro atoms. The summed E-state index contributed by atoms with van der Waals surface area (Å²) in [7, 11) is 1.58. The van der Waals surface area contributed by atoms with Gasteiger partial charge in [0.2, 0.25) is 5.91 Å². The van der Waals surface area contributed by atoms with Gasteiger partial charge < -0.3 is 14.4 Å². The highest BCUT2D eigenvalue weighted by Gasteiger charge is 2.20. The molecule has 1 amide bonds. The predicted molar refractivity (Wildman–Crippen MR) is 111 cm³/mol. The molecule has 0 unspecified atom stereocenters. The van der Waals surface area contributed by atoms with Crippen molar-refractivity contribution in [1.82, 2.24) is 9.80 Å². The molecule has 0 atom stereocenters. The number of rotatable bonds is 8. The third kappa shape index (κ3) is 6.43. The Morgan fingerprint density at radius 1 is 1.26 bits per heavy atom. The topological polar surface area (TPSA) is 42.0 Å². The van der Waals surface area contributed by atoms with Crippen molar-refractivity contribution in [3.8, 4) is 11.5 Å². The lowest BCUT2D eigenvalue weighted by molar-refractivity contribution is -0.127. The Balaban J connectivity index is 1.99. The van der Waals surface area contributed by atoms with Crippen molar-refractivity contribution < 1.29 is 14.3 Å². The molecule has 6 heteroatoms. The monoisotopic (exact) mass is 394 g/mol. The summed E-state index contributed by atoms with van der Waals surface area (Å²) >= 11 is 6.33. The minimum atomic E-state index is 0.0283. The Morgan fingerprint density at radius 3 is 2.56 bits per heavy atom. The first-order chi connectivity index (χ1) is 12.9. The van der Waals surface area contributed by atoms with E-state index in [9.17, 15) is 4.79 Å². The van der Waals surface area contributed by atoms with Crippen LogP contribution in [0.1, 0.15) is 32.8 Å². The molecule has 1 heterocycles. The SMILES string of the molecule is CCCOc1c(Cl)cc(/C=C/C(=O)N2CCN(CC(C)C)CC2)cc1OC. The molecule has 0 N–H and O–H groups in total. The zero-order valence-electron chi connectivity index (χ0n) is 16.8. The van der Waals surface area contributed by atoms with E-state index in [-0.39, 0.29) is 5.91 Å². The highest BCUT2D eigenvalue weighted by molar-refractivity contribution is 6.32. The first kappa shape index (κ1) is 21.6. The van der Waals surface area contributed by atoms with Gasteiger partial charge in [0.05, 0.1) is 18.7 Å². The van der Waals surface area contributed by atoms with Crippen molar-refractivity contribution in [1.29, 1.82) is 0 Å². The largest absolute Gasteiger partial charge is 0.493 e. The van der Waals surface area contributed by atoms with E-state index in [4.69, 9.17) is 21.1 Å². The maximum atomic E-state index is 12.5. The lowest BCUT2D eigenvalue weighted by Crippen LogP contribution is -2.49. The minimum Gasteiger partial charge on any atom is -0.493 e. The van der Waals surface area contributed by atoms with Crippen molar-refractivity contribution in [2.24, 2.45) is 5.92 Å². The minimum absolute atomic E-state index is 0.0283. The van der Waals surface area contributed by atoms with Crippen molar-refractivity contribution in [3.05, 3.63) is 28.8 Å². The molecular formula is C21H31ClN2O3. The van der Waals surface area contributed by atoms with Crippen LogP contribution < -0.4 is 9.47 Å². The fraction of sp³-hybridized carbons (Fsp3) is 0.571. The number of piperazine rings is 1. The maximum Gasteiger partial charge on any atom is 0.246 e. The molecule has 1 aliphatic heterocycles. The second-order valence-corrected chi connectivity index (χ2v) is 7.64. The Bertz CT molecular complexity index is 653. The molecule has 1 fully saturated rings. The number of hydrogen-bond donors (Lipinski definition) is 0. The van der Waals surface area contributed by atoms with Crippen LogP contribution in [0.2, 0.25) is 5.02 Å². The Labute approximate surface area is 167 Å². The van der Waals surface area contributed by atoms with Gasteiger partial charge in [-0.3, -0.25) is 9.69 Å². The summed E-state index contributed by atoms with van der Waals surface area (Å²) in [6.45, 7) is 11.5. The normalized spacial score (nSPS) is 15.6. The molecule has 27 heavy (non-hydrogen) atoms. The van der Waals surface area contributed by atoms with Crippen LogP contribution in [0, 0.1) is 5.92 Å². The standard InChI is InChI=1S/C21H31ClN2O3/c1-5-12-27-21-18(22)13-17(14-19(21)26-4)6-7-20(25)24-10-8-23(9-11-24)15-16(2)3/h6-7,13-14,16H,5,8-12,15H2,1-4H3/b7-6+. The van der Waals surface area contributed by atoms with Gasteiger partial charge in [-0.1, -0.05) is 32.4 Å². The molecule has 1 aliphatic rings. The van der Waals surface area contributed by atoms with E-state index in [2.05, 4.69) is 18.7 Å². The zero-order valence-corrected chi connectivity index (χ0v) is 17.6. The number of carbonyl (C=O) groups excluding carboxylic acids is 1. The molecule has 0 saturated carbocycles. The molecule has 0 radical (unpaired) electrons. The van der Waals surface area contributed by atoms with E-state index in [0.717, 1.165) is 44.7 Å². The molecule has 150 valence electrons. The molecular weight excluding hydrogens is 364 g/mol. The number of methoxy groups -OCH3 is 1. The first-order valence-electron chi connectivity index (χ1n) is 9.64. The van der Waals surface area contributed by atoms with Crippen molar-refractivity contribution in [2.75, 3.05) is 46.4 Å². The lowest BCUT2D eigenvalue weighted by atomic mass is 10.1. The van der Waals surface area contributed by atoms with Crippen LogP contribution in [-0.2, 0) is 4.79 Å². The Hall–Kier alpha value is -1.72. The first-order valence-corrected chi connectivity index (χ1v) is 10.0. The number of ether oxygens (including phenoxy) is 2. The average Bonchev–Trinajstić information content (AvgIpc) is 2.65. The van der Waals surface area contributed by atoms with Crippen LogP contribution in [0.3, 0.4) is 0 Å². The van der Waals surface area contributed by atoms with E-state index in [1.54, 1.807) is 25.3 Å². The number of hydrogen-bond acceptors (Lipinski definition) is 4. The third-order valence-electron chi connectivity index (χ3n) is 4.43. The van der Waals surface area contributed by atoms with Crippen molar-refractivity contribution >= 4 is 23.6 Å². The van der Waals surface area contributed by atoms with Crippen LogP contribution in [0.25, 0.3) is 6.08 Å². The summed E-state index contributed by atoms with van der Waals surface area (Å²) in [5.41, 5.74) is 0.812. The number of benzene rings is 1. The van der Waals surface area contributed by atoms with Crippen LogP contribution in [-0.4, -0.2) is 62.1 Å². The molecule has 1 aromatic carbocycles. The molecule has 0 bridgehead atoms. The number of nitrogens with zero attached hydrogens (tertiary/aromatic N) is 2. The predicted octanol–water partition coefficient (Wildman–Crippen LogP) is 3.95. The fourth-order valence-electron chi connectivity index (χ4n) is 3.12. The summed E-state index contributed by atoms with van der Waals surface area (Å²) in [6, 6.07) is 3.63. The zero-order chi connectivity index (χ0) is 19.8. The van der Waals surface area contributed by atoms with Crippen LogP contribution in [0.4, 0.5) is 0 Å². The van der Waals surface area contributed by atoms with Gasteiger partial charge in [-0.2, -0.15) is 0 Å². The lowest BCUT2D eigenvalue weighted by Gasteiger charge is -2.35. The number of amides is 1. The van der Waals surface area contributed by atoms with Crippen LogP contribution in [0.5, 0.6) is 11.5 Å². The Kier molecular flexibility index (Phi) is 8.45. The summed E-state index contributed by atoms with van der Waals surface area (Å²) in [5, 5.41) is 0.484. The van der Waals surface area contributed by atoms with Gasteiger partial charge in [-0.25, -0.2) is 0 Å². The molecule has 5 nitrogen and oxygen atoms in total. The number of carbonyl (C=O) groups is 1. The van der Waals surface area contributed by atoms with Crippen molar-refractivity contribution in [3.63, 3.8) is 0 Å². The quantitative estimate of drug-likeness (QED) is 0.626. The van der Waals surface area contributed by atoms with E-state index >= 15 is 0 Å². The fourth-order valence-corrected chi connectivity index (χ4v) is 3.39. The van der Waals surface area contributed by atoms with E-state index in [0.29, 0.717) is 29.0 Å². The highest BCUT2D eigenvalue weighted by Crippen LogP contribution is 2.36. The Morgan fingerprint density at radius 2 is 1.96 bits per heavy atom. The second-order valence-electron chi connectivity index (χ2n) is 7.24. The maximum absolute atomic E-state index is 12.5. The smallest absolute Gasteiger partial charge is 0.246 e. The van der Waals surface area contributed by atoms with E-state index in [1.165, 1.54) is 0 Å². The van der Waals surface area contributed by atoms with E-state index < -0.39 is 0 Å². The van der Waals surface area contributed by atoms with Gasteiger partial charge in [0.15, 0.2) is 11.5 Å². The van der Waals surface area contributed by atoms with Gasteiger partial charge in [0.25, 0.3) is 0 Å². The van der Waals surface area contributed by atoms with Gasteiger partial charge in [0.1, 0.15) is 0 Å². The summed E-state index contributed by atoms with van der Waals surface area (Å²) in [4.78, 5) is 16.8. The van der Waals surface area contributed by atoms with Gasteiger partial charge in [0, 0.05) is 38.8 Å². The highest BCUT2D eigenvalue weighted by atomic mass is 35.5. The van der Waals surface area contributed by atoms with Crippen LogP contribution >= 0.6 is 11.6 Å². The molecule has 1 aromatic rings. The van der Waals surface area contributed by atoms with E-state index in [1.807, 2.05) is 17.9 Å². The van der Waals surface area contributed by atoms with Crippen molar-refractivity contribution in [2.45, 2.75) is 27.2 Å². The van der Waals surface area contributed by atoms with Crippen LogP contribution in [0.15, 0.2) is 18.2 Å². The summed E-state index contributed by atoms with van der Waals surface area (Å²) in [5.74, 6) is 1.80. The van der Waals surface area contributed by atoms with Gasteiger partial charge in [-0.05, 0) is 36.1 Å². The number of halogens is 1. The van der Waals surface area contributed by atoms with Gasteiger partial charge in [-0.15, -0.1) is 0 Å². The molecule has 2 rings (SSSR count). The average molecular weight is 395 g/mol. The summed E-state index contributed by atoms with van der Waals surface area (Å²) in [6.07, 6.45) is 4.27. The third-order valence-corrected chi connectivity index (χ3v) is 4.71. The second kappa shape index (κ2) is 10.6. The van der Waals surface area contributed by atoms with Gasteiger partial charge >= 0.3 is 0 Å². The molecule has 1 saturated heterocycles.